The smallest absolute Gasteiger partial charge is 0.160 e. The molecule has 1 aliphatic rings. The molecular weight excluding hydrogens is 701 g/mol. The van der Waals surface area contributed by atoms with Crippen LogP contribution in [0.3, 0.4) is 0 Å². The molecule has 268 valence electrons. The van der Waals surface area contributed by atoms with Gasteiger partial charge in [0.05, 0.1) is 11.0 Å². The molecule has 0 spiro atoms. The molecule has 0 aliphatic carbocycles. The summed E-state index contributed by atoms with van der Waals surface area (Å²) in [6, 6.07) is 63.3. The van der Waals surface area contributed by atoms with Gasteiger partial charge in [0.1, 0.15) is 34.3 Å². The molecule has 6 nitrogen and oxygen atoms in total. The summed E-state index contributed by atoms with van der Waals surface area (Å²) in [5.74, 6) is 1.39. The van der Waals surface area contributed by atoms with E-state index in [4.69, 9.17) is 18.8 Å². The standard InChI is InChI=1S/C51H32N4O2/c1-3-13-31(14-4-1)49-52-50(54-51(53-49)40-21-12-24-45-47(40)39-18-8-10-23-43(39)56-45)33-26-28-44-41(29-33)37-27-25-32(30-46(37)57-44)35-19-11-20-38-36-17-7-9-22-42(36)55(48(35)38)34-15-5-2-6-16-34/h1-30,49H,(H,52,53,54). The lowest BCUT2D eigenvalue weighted by molar-refractivity contribution is 0.667. The van der Waals surface area contributed by atoms with Crippen LogP contribution < -0.4 is 5.32 Å². The van der Waals surface area contributed by atoms with E-state index in [-0.39, 0.29) is 6.17 Å². The molecule has 1 N–H and O–H groups in total. The third kappa shape index (κ3) is 4.97. The van der Waals surface area contributed by atoms with Crippen LogP contribution >= 0.6 is 0 Å². The van der Waals surface area contributed by atoms with Crippen LogP contribution in [-0.2, 0) is 0 Å². The summed E-state index contributed by atoms with van der Waals surface area (Å²) >= 11 is 0. The molecule has 0 fully saturated rings. The van der Waals surface area contributed by atoms with Crippen molar-refractivity contribution in [2.75, 3.05) is 0 Å². The monoisotopic (exact) mass is 732 g/mol. The number of benzene rings is 8. The van der Waals surface area contributed by atoms with Crippen LogP contribution in [-0.4, -0.2) is 16.2 Å². The van der Waals surface area contributed by atoms with Gasteiger partial charge in [0.15, 0.2) is 5.84 Å². The van der Waals surface area contributed by atoms with Gasteiger partial charge >= 0.3 is 0 Å². The zero-order valence-electron chi connectivity index (χ0n) is 30.6. The van der Waals surface area contributed by atoms with E-state index < -0.39 is 0 Å². The van der Waals surface area contributed by atoms with Crippen molar-refractivity contribution >= 4 is 77.4 Å². The number of furan rings is 2. The first kappa shape index (κ1) is 31.6. The molecule has 8 aromatic carbocycles. The van der Waals surface area contributed by atoms with E-state index in [0.29, 0.717) is 5.84 Å². The number of nitrogens with one attached hydrogen (secondary N) is 1. The Morgan fingerprint density at radius 1 is 0.474 bits per heavy atom. The van der Waals surface area contributed by atoms with Crippen LogP contribution in [0.2, 0.25) is 0 Å². The van der Waals surface area contributed by atoms with Gasteiger partial charge in [0, 0.05) is 54.7 Å². The molecule has 1 unspecified atom stereocenters. The highest BCUT2D eigenvalue weighted by atomic mass is 16.3. The molecule has 3 aromatic heterocycles. The van der Waals surface area contributed by atoms with Gasteiger partial charge in [-0.2, -0.15) is 0 Å². The molecule has 1 atom stereocenters. The van der Waals surface area contributed by atoms with Gasteiger partial charge in [-0.05, 0) is 71.8 Å². The third-order valence-electron chi connectivity index (χ3n) is 11.3. The van der Waals surface area contributed by atoms with Crippen molar-refractivity contribution in [2.45, 2.75) is 6.17 Å². The molecule has 4 heterocycles. The molecule has 12 rings (SSSR count). The number of aromatic nitrogens is 1. The van der Waals surface area contributed by atoms with E-state index >= 15 is 0 Å². The van der Waals surface area contributed by atoms with Crippen LogP contribution in [0, 0.1) is 0 Å². The normalized spacial score (nSPS) is 14.5. The zero-order chi connectivity index (χ0) is 37.5. The molecule has 0 saturated heterocycles. The molecule has 1 aliphatic heterocycles. The minimum absolute atomic E-state index is 0.337. The second kappa shape index (κ2) is 12.4. The maximum Gasteiger partial charge on any atom is 0.160 e. The summed E-state index contributed by atoms with van der Waals surface area (Å²) in [5, 5.41) is 10.2. The second-order valence-corrected chi connectivity index (χ2v) is 14.6. The van der Waals surface area contributed by atoms with E-state index in [1.165, 1.54) is 21.8 Å². The highest BCUT2D eigenvalue weighted by Gasteiger charge is 2.24. The highest BCUT2D eigenvalue weighted by molar-refractivity contribution is 6.22. The number of rotatable bonds is 5. The van der Waals surface area contributed by atoms with Crippen molar-refractivity contribution in [3.8, 4) is 16.8 Å². The summed E-state index contributed by atoms with van der Waals surface area (Å²) < 4.78 is 15.2. The highest BCUT2D eigenvalue weighted by Crippen LogP contribution is 2.40. The Balaban J connectivity index is 0.995. The topological polar surface area (TPSA) is 68.0 Å². The van der Waals surface area contributed by atoms with Crippen LogP contribution in [0.25, 0.3) is 82.5 Å². The Bertz CT molecular complexity index is 3440. The average Bonchev–Trinajstić information content (AvgIpc) is 3.96. The Morgan fingerprint density at radius 3 is 2.05 bits per heavy atom. The van der Waals surface area contributed by atoms with Crippen LogP contribution in [0.5, 0.6) is 0 Å². The number of hydrogen-bond donors (Lipinski definition) is 1. The number of fused-ring (bicyclic) bond motifs is 9. The van der Waals surface area contributed by atoms with Crippen molar-refractivity contribution < 1.29 is 8.83 Å². The molecule has 0 bridgehead atoms. The van der Waals surface area contributed by atoms with Gasteiger partial charge in [0.2, 0.25) is 0 Å². The first-order valence-electron chi connectivity index (χ1n) is 19.2. The Labute approximate surface area is 326 Å². The van der Waals surface area contributed by atoms with Crippen molar-refractivity contribution in [2.24, 2.45) is 9.98 Å². The third-order valence-corrected chi connectivity index (χ3v) is 11.3. The lowest BCUT2D eigenvalue weighted by Crippen LogP contribution is -2.33. The van der Waals surface area contributed by atoms with Crippen LogP contribution in [0.1, 0.15) is 22.9 Å². The molecule has 0 radical (unpaired) electrons. The van der Waals surface area contributed by atoms with Gasteiger partial charge < -0.3 is 18.7 Å². The van der Waals surface area contributed by atoms with Gasteiger partial charge in [-0.3, -0.25) is 0 Å². The number of aliphatic imine (C=N–C) groups is 2. The first-order chi connectivity index (χ1) is 28.2. The second-order valence-electron chi connectivity index (χ2n) is 14.6. The van der Waals surface area contributed by atoms with Crippen LogP contribution in [0.15, 0.2) is 201 Å². The molecular formula is C51H32N4O2. The fourth-order valence-electron chi connectivity index (χ4n) is 8.67. The molecule has 0 saturated carbocycles. The first-order valence-corrected chi connectivity index (χ1v) is 19.2. The Kier molecular flexibility index (Phi) is 6.89. The van der Waals surface area contributed by atoms with Gasteiger partial charge in [0.25, 0.3) is 0 Å². The Morgan fingerprint density at radius 2 is 1.16 bits per heavy atom. The maximum atomic E-state index is 6.60. The number of amidine groups is 2. The van der Waals surface area contributed by atoms with Gasteiger partial charge in [-0.25, -0.2) is 9.98 Å². The number of nitrogens with zero attached hydrogens (tertiary/aromatic N) is 3. The minimum atomic E-state index is -0.337. The van der Waals surface area contributed by atoms with Crippen molar-refractivity contribution in [3.63, 3.8) is 0 Å². The van der Waals surface area contributed by atoms with Crippen LogP contribution in [0.4, 0.5) is 0 Å². The zero-order valence-corrected chi connectivity index (χ0v) is 30.6. The van der Waals surface area contributed by atoms with E-state index in [1.54, 1.807) is 0 Å². The Hall–Kier alpha value is -7.70. The number of hydrogen-bond acceptors (Lipinski definition) is 5. The van der Waals surface area contributed by atoms with E-state index in [9.17, 15) is 0 Å². The summed E-state index contributed by atoms with van der Waals surface area (Å²) in [7, 11) is 0. The fourth-order valence-corrected chi connectivity index (χ4v) is 8.67. The summed E-state index contributed by atoms with van der Waals surface area (Å²) in [6.45, 7) is 0. The van der Waals surface area contributed by atoms with E-state index in [0.717, 1.165) is 83.2 Å². The van der Waals surface area contributed by atoms with Crippen molar-refractivity contribution in [1.29, 1.82) is 0 Å². The lowest BCUT2D eigenvalue weighted by atomic mass is 10.00. The largest absolute Gasteiger partial charge is 0.456 e. The summed E-state index contributed by atoms with van der Waals surface area (Å²) in [4.78, 5) is 10.4. The van der Waals surface area contributed by atoms with Crippen molar-refractivity contribution in [1.82, 2.24) is 9.88 Å². The molecule has 6 heteroatoms. The SMILES string of the molecule is c1ccc(C2N=C(c3cccc4oc5ccccc5c34)N=C(c3ccc4oc5cc(-c6cccc7c8ccccc8n(-c8ccccc8)c67)ccc5c4c3)N2)cc1. The lowest BCUT2D eigenvalue weighted by Gasteiger charge is -2.24. The van der Waals surface area contributed by atoms with Gasteiger partial charge in [-0.1, -0.05) is 121 Å². The average molecular weight is 733 g/mol. The molecule has 11 aromatic rings. The van der Waals surface area contributed by atoms with E-state index in [2.05, 4.69) is 143 Å². The predicted molar refractivity (Wildman–Crippen MR) is 233 cm³/mol. The summed E-state index contributed by atoms with van der Waals surface area (Å²) in [6.07, 6.45) is -0.337. The fraction of sp³-hybridized carbons (Fsp3) is 0.0196. The maximum absolute atomic E-state index is 6.60. The van der Waals surface area contributed by atoms with Crippen molar-refractivity contribution in [3.05, 3.63) is 199 Å². The number of para-hydroxylation sites is 4. The molecule has 0 amide bonds. The van der Waals surface area contributed by atoms with Gasteiger partial charge in [-0.15, -0.1) is 0 Å². The molecule has 57 heavy (non-hydrogen) atoms. The minimum Gasteiger partial charge on any atom is -0.456 e. The summed E-state index contributed by atoms with van der Waals surface area (Å²) in [5.41, 5.74) is 12.0. The van der Waals surface area contributed by atoms with E-state index in [1.807, 2.05) is 48.5 Å². The predicted octanol–water partition coefficient (Wildman–Crippen LogP) is 12.7. The quantitative estimate of drug-likeness (QED) is 0.192.